The van der Waals surface area contributed by atoms with Crippen LogP contribution in [0.3, 0.4) is 0 Å². The molecule has 0 heterocycles. The van der Waals surface area contributed by atoms with E-state index in [2.05, 4.69) is 0 Å². The third-order valence-electron chi connectivity index (χ3n) is 1.75. The van der Waals surface area contributed by atoms with Crippen molar-refractivity contribution in [3.05, 3.63) is 28.2 Å². The van der Waals surface area contributed by atoms with E-state index in [-0.39, 0.29) is 5.02 Å². The minimum Gasteiger partial charge on any atom is -0.477 e. The van der Waals surface area contributed by atoms with E-state index in [1.165, 1.54) is 0 Å². The molecule has 15 heavy (non-hydrogen) atoms. The molecule has 1 aromatic carbocycles. The van der Waals surface area contributed by atoms with Crippen LogP contribution in [-0.2, 0) is 4.79 Å². The van der Waals surface area contributed by atoms with E-state index in [0.29, 0.717) is 10.8 Å². The average molecular weight is 268 g/mol. The first kappa shape index (κ1) is 12.6. The summed E-state index contributed by atoms with van der Waals surface area (Å²) in [5.41, 5.74) is -1.13. The van der Waals surface area contributed by atoms with Gasteiger partial charge in [0.2, 0.25) is 0 Å². The molecule has 1 aromatic rings. The molecule has 0 atom stereocenters. The summed E-state index contributed by atoms with van der Waals surface area (Å²) >= 11 is 17.1. The third-order valence-corrected chi connectivity index (χ3v) is 3.01. The van der Waals surface area contributed by atoms with E-state index in [1.54, 1.807) is 32.0 Å². The molecule has 0 radical (unpaired) electrons. The van der Waals surface area contributed by atoms with Crippen LogP contribution in [0.15, 0.2) is 18.2 Å². The van der Waals surface area contributed by atoms with Crippen molar-refractivity contribution in [2.24, 2.45) is 0 Å². The zero-order valence-corrected chi connectivity index (χ0v) is 10.5. The fourth-order valence-corrected chi connectivity index (χ4v) is 1.25. The van der Waals surface area contributed by atoms with Gasteiger partial charge in [0.15, 0.2) is 5.60 Å². The molecule has 0 unspecified atom stereocenters. The quantitative estimate of drug-likeness (QED) is 0.776. The number of carbonyl (C=O) groups is 1. The molecule has 0 N–H and O–H groups in total. The van der Waals surface area contributed by atoms with Crippen LogP contribution >= 0.6 is 34.8 Å². The second kappa shape index (κ2) is 4.60. The molecule has 0 amide bonds. The summed E-state index contributed by atoms with van der Waals surface area (Å²) in [7, 11) is 0. The molecule has 5 heteroatoms. The van der Waals surface area contributed by atoms with Crippen LogP contribution in [0.2, 0.25) is 10.0 Å². The largest absolute Gasteiger partial charge is 0.477 e. The maximum atomic E-state index is 11.0. The standard InChI is InChI=1S/C10H9Cl3O2/c1-10(2,9(13)14)15-7-5-3-4-6(11)8(7)12/h3-5H,1-2H3. The Kier molecular flexibility index (Phi) is 3.87. The number of hydrogen-bond donors (Lipinski definition) is 0. The summed E-state index contributed by atoms with van der Waals surface area (Å²) < 4.78 is 5.38. The Labute approximate surface area is 103 Å². The molecule has 0 aliphatic rings. The van der Waals surface area contributed by atoms with Crippen molar-refractivity contribution in [2.75, 3.05) is 0 Å². The summed E-state index contributed by atoms with van der Waals surface area (Å²) in [6.45, 7) is 3.11. The molecule has 0 aliphatic carbocycles. The summed E-state index contributed by atoms with van der Waals surface area (Å²) in [4.78, 5) is 11.0. The molecule has 0 bridgehead atoms. The highest BCUT2D eigenvalue weighted by molar-refractivity contribution is 6.65. The Morgan fingerprint density at radius 3 is 2.47 bits per heavy atom. The molecule has 2 nitrogen and oxygen atoms in total. The summed E-state index contributed by atoms with van der Waals surface area (Å²) in [5, 5.41) is 0.0377. The van der Waals surface area contributed by atoms with Crippen molar-refractivity contribution in [1.82, 2.24) is 0 Å². The molecule has 0 spiro atoms. The highest BCUT2D eigenvalue weighted by atomic mass is 35.5. The van der Waals surface area contributed by atoms with E-state index in [4.69, 9.17) is 39.5 Å². The molecule has 0 saturated carbocycles. The SMILES string of the molecule is CC(C)(Oc1cccc(Cl)c1Cl)C(=O)Cl. The lowest BCUT2D eigenvalue weighted by atomic mass is 10.1. The minimum atomic E-state index is -1.13. The lowest BCUT2D eigenvalue weighted by molar-refractivity contribution is -0.123. The van der Waals surface area contributed by atoms with Crippen LogP contribution in [0.4, 0.5) is 0 Å². The fourth-order valence-electron chi connectivity index (χ4n) is 0.878. The van der Waals surface area contributed by atoms with Gasteiger partial charge < -0.3 is 4.74 Å². The van der Waals surface area contributed by atoms with Crippen LogP contribution in [0.1, 0.15) is 13.8 Å². The monoisotopic (exact) mass is 266 g/mol. The van der Waals surface area contributed by atoms with Gasteiger partial charge in [-0.1, -0.05) is 29.3 Å². The zero-order valence-electron chi connectivity index (χ0n) is 8.18. The number of benzene rings is 1. The fraction of sp³-hybridized carbons (Fsp3) is 0.300. The van der Waals surface area contributed by atoms with Gasteiger partial charge in [0, 0.05) is 0 Å². The molecular formula is C10H9Cl3O2. The van der Waals surface area contributed by atoms with Gasteiger partial charge in [-0.25, -0.2) is 0 Å². The number of hydrogen-bond acceptors (Lipinski definition) is 2. The lowest BCUT2D eigenvalue weighted by Gasteiger charge is -2.22. The Morgan fingerprint density at radius 1 is 1.33 bits per heavy atom. The van der Waals surface area contributed by atoms with Crippen molar-refractivity contribution in [3.63, 3.8) is 0 Å². The Balaban J connectivity index is 3.00. The van der Waals surface area contributed by atoms with Gasteiger partial charge in [0.05, 0.1) is 5.02 Å². The molecule has 0 saturated heterocycles. The van der Waals surface area contributed by atoms with E-state index in [9.17, 15) is 4.79 Å². The third kappa shape index (κ3) is 3.00. The van der Waals surface area contributed by atoms with Crippen LogP contribution in [0.25, 0.3) is 0 Å². The first-order valence-corrected chi connectivity index (χ1v) is 5.31. The van der Waals surface area contributed by atoms with E-state index in [0.717, 1.165) is 0 Å². The average Bonchev–Trinajstić information content (AvgIpc) is 2.12. The number of halogens is 3. The Morgan fingerprint density at radius 2 is 1.93 bits per heavy atom. The Bertz CT molecular complexity index is 388. The number of ether oxygens (including phenoxy) is 1. The highest BCUT2D eigenvalue weighted by Gasteiger charge is 2.29. The summed E-state index contributed by atoms with van der Waals surface area (Å²) in [5.74, 6) is 0.336. The molecule has 0 fully saturated rings. The summed E-state index contributed by atoms with van der Waals surface area (Å²) in [6.07, 6.45) is 0. The van der Waals surface area contributed by atoms with Gasteiger partial charge in [-0.05, 0) is 37.6 Å². The first-order valence-electron chi connectivity index (χ1n) is 4.17. The van der Waals surface area contributed by atoms with Crippen molar-refractivity contribution in [3.8, 4) is 5.75 Å². The highest BCUT2D eigenvalue weighted by Crippen LogP contribution is 2.34. The smallest absolute Gasteiger partial charge is 0.264 e. The lowest BCUT2D eigenvalue weighted by Crippen LogP contribution is -2.35. The van der Waals surface area contributed by atoms with Crippen LogP contribution in [0.5, 0.6) is 5.75 Å². The van der Waals surface area contributed by atoms with Gasteiger partial charge in [-0.15, -0.1) is 0 Å². The predicted molar refractivity (Wildman–Crippen MR) is 62.0 cm³/mol. The molecular weight excluding hydrogens is 258 g/mol. The normalized spacial score (nSPS) is 11.3. The van der Waals surface area contributed by atoms with Crippen molar-refractivity contribution in [1.29, 1.82) is 0 Å². The zero-order chi connectivity index (χ0) is 11.6. The topological polar surface area (TPSA) is 26.3 Å². The maximum Gasteiger partial charge on any atom is 0.264 e. The second-order valence-corrected chi connectivity index (χ2v) is 4.57. The second-order valence-electron chi connectivity index (χ2n) is 3.44. The van der Waals surface area contributed by atoms with Crippen LogP contribution in [0, 0.1) is 0 Å². The first-order chi connectivity index (χ1) is 6.84. The summed E-state index contributed by atoms with van der Waals surface area (Å²) in [6, 6.07) is 4.93. The van der Waals surface area contributed by atoms with Crippen molar-refractivity contribution in [2.45, 2.75) is 19.4 Å². The van der Waals surface area contributed by atoms with Gasteiger partial charge in [-0.2, -0.15) is 0 Å². The van der Waals surface area contributed by atoms with Gasteiger partial charge >= 0.3 is 0 Å². The molecule has 1 rings (SSSR count). The van der Waals surface area contributed by atoms with E-state index in [1.807, 2.05) is 0 Å². The number of carbonyl (C=O) groups excluding carboxylic acids is 1. The molecule has 82 valence electrons. The number of rotatable bonds is 3. The predicted octanol–water partition coefficient (Wildman–Crippen LogP) is 3.92. The van der Waals surface area contributed by atoms with Crippen molar-refractivity contribution >= 4 is 40.0 Å². The van der Waals surface area contributed by atoms with E-state index < -0.39 is 10.8 Å². The molecule has 0 aliphatic heterocycles. The minimum absolute atomic E-state index is 0.269. The Hall–Kier alpha value is -0.440. The molecule has 0 aromatic heterocycles. The van der Waals surface area contributed by atoms with Gasteiger partial charge in [-0.3, -0.25) is 4.79 Å². The maximum absolute atomic E-state index is 11.0. The van der Waals surface area contributed by atoms with Gasteiger partial charge in [0.25, 0.3) is 5.24 Å². The van der Waals surface area contributed by atoms with Gasteiger partial charge in [0.1, 0.15) is 10.8 Å². The van der Waals surface area contributed by atoms with Crippen LogP contribution in [-0.4, -0.2) is 10.8 Å². The van der Waals surface area contributed by atoms with Crippen LogP contribution < -0.4 is 4.74 Å². The van der Waals surface area contributed by atoms with Crippen molar-refractivity contribution < 1.29 is 9.53 Å². The van der Waals surface area contributed by atoms with E-state index >= 15 is 0 Å².